The summed E-state index contributed by atoms with van der Waals surface area (Å²) in [6.07, 6.45) is 1.57. The second kappa shape index (κ2) is 4.41. The number of nitrogens with one attached hydrogen (secondary N) is 1. The van der Waals surface area contributed by atoms with Crippen LogP contribution >= 0.6 is 0 Å². The highest BCUT2D eigenvalue weighted by atomic mass is 16.4. The number of para-hydroxylation sites is 1. The molecule has 0 spiro atoms. The Morgan fingerprint density at radius 1 is 1.11 bits per heavy atom. The van der Waals surface area contributed by atoms with Gasteiger partial charge in [-0.15, -0.1) is 0 Å². The third kappa shape index (κ3) is 2.00. The monoisotopic (exact) mass is 241 g/mol. The predicted molar refractivity (Wildman–Crippen MR) is 68.5 cm³/mol. The first kappa shape index (κ1) is 10.7. The third-order valence-electron chi connectivity index (χ3n) is 2.69. The zero-order valence-electron chi connectivity index (χ0n) is 9.55. The first-order valence-electron chi connectivity index (χ1n) is 5.62. The molecule has 0 amide bonds. The molecule has 3 aromatic rings. The Hall–Kier alpha value is -2.49. The number of rotatable bonds is 3. The van der Waals surface area contributed by atoms with Crippen molar-refractivity contribution in [3.8, 4) is 0 Å². The van der Waals surface area contributed by atoms with E-state index in [0.717, 1.165) is 5.39 Å². The van der Waals surface area contributed by atoms with Crippen molar-refractivity contribution < 1.29 is 8.83 Å². The molecule has 2 heterocycles. The topological polar surface area (TPSA) is 55.4 Å². The van der Waals surface area contributed by atoms with E-state index in [9.17, 15) is 4.79 Å². The van der Waals surface area contributed by atoms with Gasteiger partial charge in [0, 0.05) is 11.5 Å². The highest BCUT2D eigenvalue weighted by Gasteiger charge is 2.05. The summed E-state index contributed by atoms with van der Waals surface area (Å²) in [5.41, 5.74) is 0.849. The molecule has 0 radical (unpaired) electrons. The molecule has 0 bridgehead atoms. The molecular weight excluding hydrogens is 230 g/mol. The van der Waals surface area contributed by atoms with Crippen LogP contribution in [0.4, 0.5) is 5.88 Å². The van der Waals surface area contributed by atoms with Crippen LogP contribution in [0.25, 0.3) is 11.0 Å². The Kier molecular flexibility index (Phi) is 2.61. The van der Waals surface area contributed by atoms with E-state index in [0.29, 0.717) is 23.6 Å². The van der Waals surface area contributed by atoms with Crippen molar-refractivity contribution >= 4 is 16.9 Å². The maximum atomic E-state index is 11.8. The van der Waals surface area contributed by atoms with Crippen molar-refractivity contribution in [2.75, 3.05) is 5.32 Å². The van der Waals surface area contributed by atoms with Gasteiger partial charge in [-0.05, 0) is 18.2 Å². The Morgan fingerprint density at radius 2 is 2.00 bits per heavy atom. The molecule has 1 N–H and O–H groups in total. The summed E-state index contributed by atoms with van der Waals surface area (Å²) in [4.78, 5) is 11.8. The zero-order chi connectivity index (χ0) is 12.4. The van der Waals surface area contributed by atoms with Crippen LogP contribution in [0.1, 0.15) is 5.56 Å². The second-order valence-electron chi connectivity index (χ2n) is 3.93. The highest BCUT2D eigenvalue weighted by molar-refractivity contribution is 5.76. The molecule has 2 aromatic heterocycles. The molecule has 0 unspecified atom stereocenters. The number of furan rings is 1. The van der Waals surface area contributed by atoms with Crippen molar-refractivity contribution in [2.24, 2.45) is 0 Å². The van der Waals surface area contributed by atoms with Crippen molar-refractivity contribution in [3.63, 3.8) is 0 Å². The summed E-state index contributed by atoms with van der Waals surface area (Å²) in [6.45, 7) is 0.376. The first-order valence-corrected chi connectivity index (χ1v) is 5.62. The number of fused-ring (bicyclic) bond motifs is 1. The van der Waals surface area contributed by atoms with Crippen molar-refractivity contribution in [2.45, 2.75) is 6.54 Å². The normalized spacial score (nSPS) is 10.7. The van der Waals surface area contributed by atoms with Gasteiger partial charge in [0.05, 0.1) is 18.4 Å². The minimum atomic E-state index is -0.326. The molecule has 0 fully saturated rings. The van der Waals surface area contributed by atoms with Gasteiger partial charge >= 0.3 is 5.63 Å². The van der Waals surface area contributed by atoms with Gasteiger partial charge in [-0.1, -0.05) is 18.2 Å². The van der Waals surface area contributed by atoms with Crippen LogP contribution in [0.15, 0.2) is 62.4 Å². The SMILES string of the molecule is O=c1oc2ccccc2cc1CNc1ccco1. The van der Waals surface area contributed by atoms with E-state index in [4.69, 9.17) is 8.83 Å². The van der Waals surface area contributed by atoms with Crippen LogP contribution < -0.4 is 10.9 Å². The lowest BCUT2D eigenvalue weighted by Gasteiger charge is -2.03. The van der Waals surface area contributed by atoms with E-state index in [1.54, 1.807) is 24.5 Å². The molecule has 0 saturated heterocycles. The third-order valence-corrected chi connectivity index (χ3v) is 2.69. The van der Waals surface area contributed by atoms with Gasteiger partial charge in [0.15, 0.2) is 5.88 Å². The summed E-state index contributed by atoms with van der Waals surface area (Å²) in [6, 6.07) is 12.8. The lowest BCUT2D eigenvalue weighted by molar-refractivity contribution is 0.549. The summed E-state index contributed by atoms with van der Waals surface area (Å²) in [5.74, 6) is 0.627. The molecule has 3 rings (SSSR count). The fourth-order valence-corrected chi connectivity index (χ4v) is 1.79. The fraction of sp³-hybridized carbons (Fsp3) is 0.0714. The largest absolute Gasteiger partial charge is 0.449 e. The van der Waals surface area contributed by atoms with E-state index in [-0.39, 0.29) is 5.63 Å². The number of anilines is 1. The van der Waals surface area contributed by atoms with Gasteiger partial charge in [0.2, 0.25) is 0 Å². The molecule has 0 aliphatic heterocycles. The molecule has 90 valence electrons. The maximum Gasteiger partial charge on any atom is 0.341 e. The van der Waals surface area contributed by atoms with E-state index < -0.39 is 0 Å². The van der Waals surface area contributed by atoms with Crippen molar-refractivity contribution in [3.05, 3.63) is 64.7 Å². The Balaban J connectivity index is 1.92. The summed E-state index contributed by atoms with van der Waals surface area (Å²) in [5, 5.41) is 3.93. The molecule has 0 aliphatic rings. The van der Waals surface area contributed by atoms with E-state index in [1.165, 1.54) is 0 Å². The summed E-state index contributed by atoms with van der Waals surface area (Å²) >= 11 is 0. The van der Waals surface area contributed by atoms with Crippen LogP contribution in [0.2, 0.25) is 0 Å². The maximum absolute atomic E-state index is 11.8. The van der Waals surface area contributed by atoms with Gasteiger partial charge in [-0.25, -0.2) is 4.79 Å². The number of benzene rings is 1. The Labute approximate surface area is 103 Å². The van der Waals surface area contributed by atoms with Crippen LogP contribution in [0, 0.1) is 0 Å². The molecule has 0 saturated carbocycles. The molecule has 1 aromatic carbocycles. The Morgan fingerprint density at radius 3 is 2.83 bits per heavy atom. The number of hydrogen-bond donors (Lipinski definition) is 1. The van der Waals surface area contributed by atoms with Crippen molar-refractivity contribution in [1.82, 2.24) is 0 Å². The second-order valence-corrected chi connectivity index (χ2v) is 3.93. The molecule has 4 heteroatoms. The van der Waals surface area contributed by atoms with Gasteiger partial charge in [-0.2, -0.15) is 0 Å². The standard InChI is InChI=1S/C14H11NO3/c16-14-11(9-15-13-6-3-7-17-13)8-10-4-1-2-5-12(10)18-14/h1-8,15H,9H2. The molecule has 0 atom stereocenters. The highest BCUT2D eigenvalue weighted by Crippen LogP contribution is 2.14. The van der Waals surface area contributed by atoms with Crippen LogP contribution in [0.3, 0.4) is 0 Å². The quantitative estimate of drug-likeness (QED) is 0.716. The van der Waals surface area contributed by atoms with E-state index in [2.05, 4.69) is 5.32 Å². The van der Waals surface area contributed by atoms with E-state index >= 15 is 0 Å². The smallest absolute Gasteiger partial charge is 0.341 e. The first-order chi connectivity index (χ1) is 8.83. The molecule has 0 aliphatic carbocycles. The lowest BCUT2D eigenvalue weighted by Crippen LogP contribution is -2.11. The van der Waals surface area contributed by atoms with Gasteiger partial charge in [0.25, 0.3) is 0 Å². The van der Waals surface area contributed by atoms with Gasteiger partial charge in [0.1, 0.15) is 5.58 Å². The van der Waals surface area contributed by atoms with Crippen molar-refractivity contribution in [1.29, 1.82) is 0 Å². The molecular formula is C14H11NO3. The summed E-state index contributed by atoms with van der Waals surface area (Å²) in [7, 11) is 0. The van der Waals surface area contributed by atoms with Crippen LogP contribution in [0.5, 0.6) is 0 Å². The van der Waals surface area contributed by atoms with Gasteiger partial charge < -0.3 is 14.2 Å². The minimum absolute atomic E-state index is 0.326. The molecule has 4 nitrogen and oxygen atoms in total. The number of hydrogen-bond acceptors (Lipinski definition) is 4. The van der Waals surface area contributed by atoms with Crippen LogP contribution in [-0.4, -0.2) is 0 Å². The Bertz CT molecular complexity index is 713. The zero-order valence-corrected chi connectivity index (χ0v) is 9.55. The lowest BCUT2D eigenvalue weighted by atomic mass is 10.2. The fourth-order valence-electron chi connectivity index (χ4n) is 1.79. The predicted octanol–water partition coefficient (Wildman–Crippen LogP) is 3.00. The van der Waals surface area contributed by atoms with Crippen LogP contribution in [-0.2, 0) is 6.54 Å². The minimum Gasteiger partial charge on any atom is -0.449 e. The van der Waals surface area contributed by atoms with E-state index in [1.807, 2.05) is 24.3 Å². The average molecular weight is 241 g/mol. The summed E-state index contributed by atoms with van der Waals surface area (Å²) < 4.78 is 10.4. The molecule has 18 heavy (non-hydrogen) atoms. The van der Waals surface area contributed by atoms with Gasteiger partial charge in [-0.3, -0.25) is 0 Å². The average Bonchev–Trinajstić information content (AvgIpc) is 2.89.